The minimum absolute atomic E-state index is 0.173. The van der Waals surface area contributed by atoms with Crippen molar-refractivity contribution in [2.24, 2.45) is 0 Å². The van der Waals surface area contributed by atoms with Gasteiger partial charge in [-0.2, -0.15) is 0 Å². The molecule has 0 unspecified atom stereocenters. The van der Waals surface area contributed by atoms with Gasteiger partial charge in [-0.05, 0) is 18.6 Å². The smallest absolute Gasteiger partial charge is 0.163 e. The Bertz CT molecular complexity index is 446. The number of unbranched alkanes of at least 4 members (excludes halogenated alkanes) is 9. The number of Topliss-reactive ketones (excluding diaryl/α,β-unsaturated/α-hetero) is 1. The Morgan fingerprint density at radius 3 is 1.67 bits per heavy atom. The Morgan fingerprint density at radius 2 is 1.21 bits per heavy atom. The normalized spacial score (nSPS) is 10.6. The molecule has 0 radical (unpaired) electrons. The molecule has 136 valence electrons. The molecule has 0 aliphatic heterocycles. The molecule has 0 saturated heterocycles. The maximum atomic E-state index is 12.3. The zero-order valence-corrected chi connectivity index (χ0v) is 15.7. The van der Waals surface area contributed by atoms with E-state index in [1.54, 1.807) is 32.4 Å². The average molecular weight is 335 g/mol. The zero-order valence-electron chi connectivity index (χ0n) is 15.7. The lowest BCUT2D eigenvalue weighted by Gasteiger charge is -2.08. The van der Waals surface area contributed by atoms with E-state index >= 15 is 0 Å². The summed E-state index contributed by atoms with van der Waals surface area (Å²) in [5, 5.41) is 0. The third-order valence-electron chi connectivity index (χ3n) is 4.43. The monoisotopic (exact) mass is 334 g/mol. The summed E-state index contributed by atoms with van der Waals surface area (Å²) in [6.07, 6.45) is 13.4. The van der Waals surface area contributed by atoms with Crippen LogP contribution in [-0.4, -0.2) is 20.0 Å². The minimum Gasteiger partial charge on any atom is -0.497 e. The Labute approximate surface area is 147 Å². The molecule has 0 aromatic heterocycles. The summed E-state index contributed by atoms with van der Waals surface area (Å²) in [5.41, 5.74) is 0.683. The molecule has 1 aromatic rings. The van der Waals surface area contributed by atoms with Gasteiger partial charge in [0.2, 0.25) is 0 Å². The van der Waals surface area contributed by atoms with Gasteiger partial charge < -0.3 is 9.47 Å². The van der Waals surface area contributed by atoms with Crippen LogP contribution in [0.5, 0.6) is 11.5 Å². The fraction of sp³-hybridized carbons (Fsp3) is 0.667. The second kappa shape index (κ2) is 12.9. The topological polar surface area (TPSA) is 35.5 Å². The first-order valence-corrected chi connectivity index (χ1v) is 9.47. The van der Waals surface area contributed by atoms with Gasteiger partial charge in [0.15, 0.2) is 5.78 Å². The molecule has 3 heteroatoms. The van der Waals surface area contributed by atoms with Crippen LogP contribution in [0.25, 0.3) is 0 Å². The first-order valence-electron chi connectivity index (χ1n) is 9.47. The third-order valence-corrected chi connectivity index (χ3v) is 4.43. The van der Waals surface area contributed by atoms with Gasteiger partial charge in [-0.3, -0.25) is 4.79 Å². The molecule has 0 N–H and O–H groups in total. The van der Waals surface area contributed by atoms with Crippen molar-refractivity contribution in [3.8, 4) is 11.5 Å². The molecular formula is C21H34O3. The van der Waals surface area contributed by atoms with E-state index in [-0.39, 0.29) is 5.78 Å². The molecule has 0 atom stereocenters. The molecular weight excluding hydrogens is 300 g/mol. The number of methoxy groups -OCH3 is 2. The van der Waals surface area contributed by atoms with Crippen molar-refractivity contribution in [1.82, 2.24) is 0 Å². The molecule has 0 amide bonds. The predicted octanol–water partition coefficient (Wildman–Crippen LogP) is 6.20. The summed E-state index contributed by atoms with van der Waals surface area (Å²) in [5.74, 6) is 1.51. The van der Waals surface area contributed by atoms with E-state index in [1.165, 1.54) is 51.4 Å². The van der Waals surface area contributed by atoms with Crippen LogP contribution in [-0.2, 0) is 0 Å². The molecule has 0 saturated carbocycles. The Balaban J connectivity index is 2.18. The molecule has 0 heterocycles. The molecule has 3 nitrogen and oxygen atoms in total. The lowest BCUT2D eigenvalue weighted by Crippen LogP contribution is -2.00. The van der Waals surface area contributed by atoms with Gasteiger partial charge >= 0.3 is 0 Å². The van der Waals surface area contributed by atoms with E-state index in [0.29, 0.717) is 23.5 Å². The maximum Gasteiger partial charge on any atom is 0.163 e. The van der Waals surface area contributed by atoms with E-state index in [1.807, 2.05) is 0 Å². The quantitative estimate of drug-likeness (QED) is 0.300. The summed E-state index contributed by atoms with van der Waals surface area (Å²) in [7, 11) is 3.20. The van der Waals surface area contributed by atoms with E-state index in [9.17, 15) is 4.79 Å². The summed E-state index contributed by atoms with van der Waals surface area (Å²) in [6, 6.07) is 5.37. The highest BCUT2D eigenvalue weighted by atomic mass is 16.5. The van der Waals surface area contributed by atoms with Gasteiger partial charge in [-0.1, -0.05) is 64.7 Å². The molecule has 0 bridgehead atoms. The molecule has 24 heavy (non-hydrogen) atoms. The van der Waals surface area contributed by atoms with Crippen molar-refractivity contribution < 1.29 is 14.3 Å². The first kappa shape index (κ1) is 20.5. The van der Waals surface area contributed by atoms with Crippen molar-refractivity contribution in [2.75, 3.05) is 14.2 Å². The summed E-state index contributed by atoms with van der Waals surface area (Å²) in [4.78, 5) is 12.3. The first-order chi connectivity index (χ1) is 11.7. The molecule has 0 aliphatic rings. The molecule has 0 aliphatic carbocycles. The number of hydrogen-bond donors (Lipinski definition) is 0. The van der Waals surface area contributed by atoms with Crippen LogP contribution in [0.2, 0.25) is 0 Å². The van der Waals surface area contributed by atoms with E-state index in [2.05, 4.69) is 6.92 Å². The number of ketones is 1. The number of benzene rings is 1. The Hall–Kier alpha value is -1.51. The zero-order chi connectivity index (χ0) is 17.6. The van der Waals surface area contributed by atoms with Gasteiger partial charge in [0.25, 0.3) is 0 Å². The van der Waals surface area contributed by atoms with E-state index in [4.69, 9.17) is 9.47 Å². The standard InChI is InChI=1S/C21H34O3/c1-4-5-6-7-8-9-10-11-12-13-14-21(22)18-15-19(23-2)17-20(16-18)24-3/h15-17H,4-14H2,1-3H3. The van der Waals surface area contributed by atoms with Gasteiger partial charge in [0.05, 0.1) is 14.2 Å². The molecule has 0 fully saturated rings. The number of carbonyl (C=O) groups is 1. The third kappa shape index (κ3) is 8.37. The van der Waals surface area contributed by atoms with Crippen molar-refractivity contribution >= 4 is 5.78 Å². The predicted molar refractivity (Wildman–Crippen MR) is 100 cm³/mol. The average Bonchev–Trinajstić information content (AvgIpc) is 2.62. The number of carbonyl (C=O) groups excluding carboxylic acids is 1. The summed E-state index contributed by atoms with van der Waals surface area (Å²) in [6.45, 7) is 2.25. The van der Waals surface area contributed by atoms with Crippen LogP contribution in [0.1, 0.15) is 87.9 Å². The van der Waals surface area contributed by atoms with Crippen molar-refractivity contribution in [3.63, 3.8) is 0 Å². The lowest BCUT2D eigenvalue weighted by atomic mass is 10.0. The van der Waals surface area contributed by atoms with Gasteiger partial charge in [0, 0.05) is 18.1 Å². The van der Waals surface area contributed by atoms with Crippen LogP contribution in [0.15, 0.2) is 18.2 Å². The molecule has 1 aromatic carbocycles. The molecule has 1 rings (SSSR count). The molecule has 0 spiro atoms. The second-order valence-corrected chi connectivity index (χ2v) is 6.46. The minimum atomic E-state index is 0.173. The fourth-order valence-electron chi connectivity index (χ4n) is 2.89. The fourth-order valence-corrected chi connectivity index (χ4v) is 2.89. The van der Waals surface area contributed by atoms with Crippen LogP contribution < -0.4 is 9.47 Å². The van der Waals surface area contributed by atoms with Crippen LogP contribution in [0.3, 0.4) is 0 Å². The van der Waals surface area contributed by atoms with Crippen LogP contribution in [0, 0.1) is 0 Å². The highest BCUT2D eigenvalue weighted by Crippen LogP contribution is 2.24. The number of rotatable bonds is 14. The number of hydrogen-bond acceptors (Lipinski definition) is 3. The summed E-state index contributed by atoms with van der Waals surface area (Å²) >= 11 is 0. The van der Waals surface area contributed by atoms with Crippen molar-refractivity contribution in [3.05, 3.63) is 23.8 Å². The van der Waals surface area contributed by atoms with Crippen molar-refractivity contribution in [1.29, 1.82) is 0 Å². The van der Waals surface area contributed by atoms with Gasteiger partial charge in [-0.15, -0.1) is 0 Å². The van der Waals surface area contributed by atoms with Crippen LogP contribution in [0.4, 0.5) is 0 Å². The second-order valence-electron chi connectivity index (χ2n) is 6.46. The summed E-state index contributed by atoms with van der Waals surface area (Å²) < 4.78 is 10.4. The van der Waals surface area contributed by atoms with Crippen molar-refractivity contribution in [2.45, 2.75) is 77.6 Å². The van der Waals surface area contributed by atoms with E-state index in [0.717, 1.165) is 12.8 Å². The Morgan fingerprint density at radius 1 is 0.750 bits per heavy atom. The SMILES string of the molecule is CCCCCCCCCCCCC(=O)c1cc(OC)cc(OC)c1. The highest BCUT2D eigenvalue weighted by Gasteiger charge is 2.09. The number of ether oxygens (including phenoxy) is 2. The largest absolute Gasteiger partial charge is 0.497 e. The highest BCUT2D eigenvalue weighted by molar-refractivity contribution is 5.96. The van der Waals surface area contributed by atoms with E-state index < -0.39 is 0 Å². The van der Waals surface area contributed by atoms with Gasteiger partial charge in [0.1, 0.15) is 11.5 Å². The lowest BCUT2D eigenvalue weighted by molar-refractivity contribution is 0.0978. The van der Waals surface area contributed by atoms with Gasteiger partial charge in [-0.25, -0.2) is 0 Å². The maximum absolute atomic E-state index is 12.3. The Kier molecular flexibility index (Phi) is 11.0. The van der Waals surface area contributed by atoms with Crippen LogP contribution >= 0.6 is 0 Å².